The first-order valence-corrected chi connectivity index (χ1v) is 7.23. The van der Waals surface area contributed by atoms with Gasteiger partial charge in [-0.05, 0) is 31.2 Å². The number of aromatic nitrogens is 1. The van der Waals surface area contributed by atoms with Crippen molar-refractivity contribution in [2.24, 2.45) is 0 Å². The molecule has 1 amide bonds. The zero-order chi connectivity index (χ0) is 17.3. The Morgan fingerprint density at radius 3 is 2.58 bits per heavy atom. The van der Waals surface area contributed by atoms with Gasteiger partial charge in [0.15, 0.2) is 0 Å². The molecule has 0 aliphatic carbocycles. The second-order valence-corrected chi connectivity index (χ2v) is 5.39. The fourth-order valence-corrected chi connectivity index (χ4v) is 2.47. The van der Waals surface area contributed by atoms with Crippen LogP contribution in [0.4, 0.5) is 5.69 Å². The lowest BCUT2D eigenvalue weighted by atomic mass is 10.1. The Balaban J connectivity index is 2.01. The average molecular weight is 322 g/mol. The Morgan fingerprint density at radius 1 is 1.08 bits per heavy atom. The maximum atomic E-state index is 12.4. The van der Waals surface area contributed by atoms with Crippen LogP contribution in [0.5, 0.6) is 0 Å². The number of rotatable bonds is 3. The van der Waals surface area contributed by atoms with Crippen LogP contribution < -0.4 is 10.7 Å². The van der Waals surface area contributed by atoms with E-state index >= 15 is 0 Å². The molecule has 1 heterocycles. The highest BCUT2D eigenvalue weighted by Gasteiger charge is 2.17. The molecule has 6 nitrogen and oxygen atoms in total. The number of anilines is 1. The number of nitrogens with one attached hydrogen (secondary N) is 2. The standard InChI is InChI=1S/C18H14N2O4/c1-10-6-7-15(12(8-10)18(23)24)20-17(22)13-9-19-14-5-3-2-4-11(14)16(13)21/h2-9H,1H3,(H,19,21)(H,20,22)(H,23,24). The maximum Gasteiger partial charge on any atom is 0.337 e. The van der Waals surface area contributed by atoms with E-state index in [1.807, 2.05) is 0 Å². The first-order chi connectivity index (χ1) is 11.5. The van der Waals surface area contributed by atoms with Crippen LogP contribution in [0.1, 0.15) is 26.3 Å². The summed E-state index contributed by atoms with van der Waals surface area (Å²) in [6.07, 6.45) is 1.33. The Kier molecular flexibility index (Phi) is 3.87. The number of carboxylic acids is 1. The second kappa shape index (κ2) is 6.00. The minimum Gasteiger partial charge on any atom is -0.478 e. The predicted octanol–water partition coefficient (Wildman–Crippen LogP) is 2.79. The monoisotopic (exact) mass is 322 g/mol. The highest BCUT2D eigenvalue weighted by atomic mass is 16.4. The van der Waals surface area contributed by atoms with Crippen LogP contribution in [-0.4, -0.2) is 22.0 Å². The van der Waals surface area contributed by atoms with Crippen molar-refractivity contribution in [3.05, 3.63) is 75.6 Å². The lowest BCUT2D eigenvalue weighted by molar-refractivity contribution is 0.0698. The van der Waals surface area contributed by atoms with Crippen molar-refractivity contribution in [3.63, 3.8) is 0 Å². The van der Waals surface area contributed by atoms with Crippen LogP contribution in [0.2, 0.25) is 0 Å². The molecule has 0 aliphatic heterocycles. The molecule has 3 rings (SSSR count). The summed E-state index contributed by atoms with van der Waals surface area (Å²) in [7, 11) is 0. The van der Waals surface area contributed by atoms with Gasteiger partial charge in [0.25, 0.3) is 5.91 Å². The third-order valence-corrected chi connectivity index (χ3v) is 3.69. The van der Waals surface area contributed by atoms with Gasteiger partial charge in [-0.1, -0.05) is 23.8 Å². The molecule has 120 valence electrons. The van der Waals surface area contributed by atoms with Gasteiger partial charge >= 0.3 is 5.97 Å². The fourth-order valence-electron chi connectivity index (χ4n) is 2.47. The first kappa shape index (κ1) is 15.5. The second-order valence-electron chi connectivity index (χ2n) is 5.39. The van der Waals surface area contributed by atoms with Gasteiger partial charge in [-0.3, -0.25) is 9.59 Å². The third-order valence-electron chi connectivity index (χ3n) is 3.69. The number of carbonyl (C=O) groups is 2. The molecule has 0 saturated carbocycles. The third kappa shape index (κ3) is 2.77. The molecule has 2 aromatic carbocycles. The number of hydrogen-bond donors (Lipinski definition) is 3. The number of carboxylic acid groups (broad SMARTS) is 1. The molecule has 0 spiro atoms. The smallest absolute Gasteiger partial charge is 0.337 e. The summed E-state index contributed by atoms with van der Waals surface area (Å²) in [5.74, 6) is -1.81. The highest BCUT2D eigenvalue weighted by molar-refractivity contribution is 6.08. The minimum atomic E-state index is -1.15. The maximum absolute atomic E-state index is 12.4. The quantitative estimate of drug-likeness (QED) is 0.690. The number of hydrogen-bond acceptors (Lipinski definition) is 3. The molecule has 0 atom stereocenters. The molecule has 6 heteroatoms. The van der Waals surface area contributed by atoms with Gasteiger partial charge in [-0.25, -0.2) is 4.79 Å². The summed E-state index contributed by atoms with van der Waals surface area (Å²) in [5, 5.41) is 12.1. The number of benzene rings is 2. The molecule has 0 fully saturated rings. The number of pyridine rings is 1. The molecule has 24 heavy (non-hydrogen) atoms. The fraction of sp³-hybridized carbons (Fsp3) is 0.0556. The van der Waals surface area contributed by atoms with E-state index in [9.17, 15) is 19.5 Å². The van der Waals surface area contributed by atoms with Crippen molar-refractivity contribution < 1.29 is 14.7 Å². The normalized spacial score (nSPS) is 10.5. The number of aryl methyl sites for hydroxylation is 1. The molecule has 0 radical (unpaired) electrons. The van der Waals surface area contributed by atoms with Crippen molar-refractivity contribution in [1.82, 2.24) is 4.98 Å². The van der Waals surface area contributed by atoms with Gasteiger partial charge in [0.2, 0.25) is 5.43 Å². The summed E-state index contributed by atoms with van der Waals surface area (Å²) < 4.78 is 0. The van der Waals surface area contributed by atoms with Gasteiger partial charge in [-0.2, -0.15) is 0 Å². The number of aromatic carboxylic acids is 1. The molecular weight excluding hydrogens is 308 g/mol. The van der Waals surface area contributed by atoms with Crippen molar-refractivity contribution in [2.75, 3.05) is 5.32 Å². The van der Waals surface area contributed by atoms with Gasteiger partial charge in [-0.15, -0.1) is 0 Å². The minimum absolute atomic E-state index is 0.0273. The zero-order valence-corrected chi connectivity index (χ0v) is 12.8. The summed E-state index contributed by atoms with van der Waals surface area (Å²) in [5.41, 5.74) is 1.01. The number of H-pyrrole nitrogens is 1. The van der Waals surface area contributed by atoms with E-state index in [1.165, 1.54) is 18.3 Å². The number of para-hydroxylation sites is 1. The topological polar surface area (TPSA) is 99.3 Å². The largest absolute Gasteiger partial charge is 0.478 e. The van der Waals surface area contributed by atoms with Gasteiger partial charge < -0.3 is 15.4 Å². The average Bonchev–Trinajstić information content (AvgIpc) is 2.56. The molecule has 3 aromatic rings. The van der Waals surface area contributed by atoms with Crippen LogP contribution in [0.25, 0.3) is 10.9 Å². The molecule has 0 aliphatic rings. The van der Waals surface area contributed by atoms with E-state index < -0.39 is 17.3 Å². The van der Waals surface area contributed by atoms with E-state index in [0.717, 1.165) is 5.56 Å². The van der Waals surface area contributed by atoms with E-state index in [-0.39, 0.29) is 16.8 Å². The SMILES string of the molecule is Cc1ccc(NC(=O)c2c[nH]c3ccccc3c2=O)c(C(=O)O)c1. The highest BCUT2D eigenvalue weighted by Crippen LogP contribution is 2.18. The van der Waals surface area contributed by atoms with Gasteiger partial charge in [0, 0.05) is 17.1 Å². The Bertz CT molecular complexity index is 1020. The summed E-state index contributed by atoms with van der Waals surface area (Å²) in [6.45, 7) is 1.76. The predicted molar refractivity (Wildman–Crippen MR) is 90.7 cm³/mol. The number of carbonyl (C=O) groups excluding carboxylic acids is 1. The van der Waals surface area contributed by atoms with E-state index in [1.54, 1.807) is 37.3 Å². The van der Waals surface area contributed by atoms with Crippen molar-refractivity contribution in [2.45, 2.75) is 6.92 Å². The lowest BCUT2D eigenvalue weighted by Crippen LogP contribution is -2.23. The van der Waals surface area contributed by atoms with Gasteiger partial charge in [0.05, 0.1) is 11.3 Å². The molecule has 1 aromatic heterocycles. The molecule has 3 N–H and O–H groups in total. The Hall–Kier alpha value is -3.41. The van der Waals surface area contributed by atoms with Crippen molar-refractivity contribution in [1.29, 1.82) is 0 Å². The first-order valence-electron chi connectivity index (χ1n) is 7.23. The molecule has 0 unspecified atom stereocenters. The molecule has 0 saturated heterocycles. The number of aromatic amines is 1. The number of fused-ring (bicyclic) bond motifs is 1. The summed E-state index contributed by atoms with van der Waals surface area (Å²) in [6, 6.07) is 11.5. The van der Waals surface area contributed by atoms with Crippen LogP contribution in [0.3, 0.4) is 0 Å². The van der Waals surface area contributed by atoms with Crippen LogP contribution in [-0.2, 0) is 0 Å². The van der Waals surface area contributed by atoms with Crippen molar-refractivity contribution in [3.8, 4) is 0 Å². The van der Waals surface area contributed by atoms with Crippen molar-refractivity contribution >= 4 is 28.5 Å². The van der Waals surface area contributed by atoms with Gasteiger partial charge in [0.1, 0.15) is 5.56 Å². The van der Waals surface area contributed by atoms with Crippen LogP contribution in [0, 0.1) is 6.92 Å². The number of amides is 1. The van der Waals surface area contributed by atoms with E-state index in [2.05, 4.69) is 10.3 Å². The zero-order valence-electron chi connectivity index (χ0n) is 12.8. The molecule has 0 bridgehead atoms. The van der Waals surface area contributed by atoms with E-state index in [0.29, 0.717) is 10.9 Å². The molecular formula is C18H14N2O4. The Morgan fingerprint density at radius 2 is 1.83 bits per heavy atom. The van der Waals surface area contributed by atoms with Crippen LogP contribution >= 0.6 is 0 Å². The van der Waals surface area contributed by atoms with E-state index in [4.69, 9.17) is 0 Å². The Labute approximate surface area is 136 Å². The summed E-state index contributed by atoms with van der Waals surface area (Å²) in [4.78, 5) is 39.1. The van der Waals surface area contributed by atoms with Crippen LogP contribution in [0.15, 0.2) is 53.5 Å². The lowest BCUT2D eigenvalue weighted by Gasteiger charge is -2.09. The summed E-state index contributed by atoms with van der Waals surface area (Å²) >= 11 is 0.